The quantitative estimate of drug-likeness (QED) is 0.571. The summed E-state index contributed by atoms with van der Waals surface area (Å²) in [4.78, 5) is 27.8. The van der Waals surface area contributed by atoms with E-state index < -0.39 is 10.0 Å². The lowest BCUT2D eigenvalue weighted by atomic mass is 10.2. The van der Waals surface area contributed by atoms with E-state index in [0.29, 0.717) is 12.0 Å². The summed E-state index contributed by atoms with van der Waals surface area (Å²) in [5.41, 5.74) is 4.75. The van der Waals surface area contributed by atoms with E-state index in [1.165, 1.54) is 48.9 Å². The zero-order valence-electron chi connectivity index (χ0n) is 16.2. The second-order valence-electron chi connectivity index (χ2n) is 6.65. The number of nitrogens with zero attached hydrogens (tertiary/aromatic N) is 3. The van der Waals surface area contributed by atoms with Crippen LogP contribution in [0.25, 0.3) is 11.0 Å². The highest BCUT2D eigenvalue weighted by Crippen LogP contribution is 2.16. The third kappa shape index (κ3) is 4.69. The van der Waals surface area contributed by atoms with Gasteiger partial charge in [-0.05, 0) is 37.6 Å². The number of amides is 1. The fourth-order valence-corrected chi connectivity index (χ4v) is 4.07. The molecule has 3 aromatic rings. The highest BCUT2D eigenvalue weighted by Gasteiger charge is 2.20. The molecule has 0 fully saturated rings. The first-order valence-electron chi connectivity index (χ1n) is 9.08. The molecule has 29 heavy (non-hydrogen) atoms. The van der Waals surface area contributed by atoms with Crippen LogP contribution in [0, 0.1) is 0 Å². The third-order valence-electron chi connectivity index (χ3n) is 4.54. The van der Waals surface area contributed by atoms with Crippen molar-refractivity contribution in [3.05, 3.63) is 60.4 Å². The molecule has 3 rings (SSSR count). The summed E-state index contributed by atoms with van der Waals surface area (Å²) >= 11 is 0. The van der Waals surface area contributed by atoms with E-state index >= 15 is 0 Å². The Bertz CT molecular complexity index is 1140. The SMILES string of the molecule is CC(=O)c1ccc(S(=O)(=O)N(C)CCCC(=O)Nn2cnc3ccccc32)cc1. The van der Waals surface area contributed by atoms with Crippen LogP contribution in [0.2, 0.25) is 0 Å². The average molecular weight is 414 g/mol. The van der Waals surface area contributed by atoms with Gasteiger partial charge in [-0.25, -0.2) is 22.4 Å². The van der Waals surface area contributed by atoms with E-state index in [2.05, 4.69) is 10.4 Å². The molecule has 0 aliphatic heterocycles. The first-order chi connectivity index (χ1) is 13.8. The lowest BCUT2D eigenvalue weighted by molar-refractivity contribution is -0.117. The highest BCUT2D eigenvalue weighted by atomic mass is 32.2. The van der Waals surface area contributed by atoms with Crippen molar-refractivity contribution >= 4 is 32.7 Å². The predicted octanol–water partition coefficient (Wildman–Crippen LogP) is 2.41. The molecule has 0 aliphatic rings. The molecule has 0 bridgehead atoms. The monoisotopic (exact) mass is 414 g/mol. The molecule has 8 nitrogen and oxygen atoms in total. The molecule has 0 radical (unpaired) electrons. The number of ketones is 1. The van der Waals surface area contributed by atoms with Crippen molar-refractivity contribution in [3.8, 4) is 0 Å². The molecule has 152 valence electrons. The average Bonchev–Trinajstić information content (AvgIpc) is 3.10. The van der Waals surface area contributed by atoms with Gasteiger partial charge in [0.15, 0.2) is 5.78 Å². The van der Waals surface area contributed by atoms with Gasteiger partial charge in [0.05, 0.1) is 15.9 Å². The Hall–Kier alpha value is -3.04. The van der Waals surface area contributed by atoms with Crippen molar-refractivity contribution in [3.63, 3.8) is 0 Å². The number of fused-ring (bicyclic) bond motifs is 1. The zero-order valence-corrected chi connectivity index (χ0v) is 17.0. The van der Waals surface area contributed by atoms with Crippen molar-refractivity contribution in [1.29, 1.82) is 0 Å². The first-order valence-corrected chi connectivity index (χ1v) is 10.5. The molecule has 1 heterocycles. The van der Waals surface area contributed by atoms with Crippen LogP contribution in [0.15, 0.2) is 59.8 Å². The van der Waals surface area contributed by atoms with Crippen LogP contribution in [-0.2, 0) is 14.8 Å². The Morgan fingerprint density at radius 2 is 1.79 bits per heavy atom. The number of carbonyl (C=O) groups is 2. The Labute approximate surface area is 169 Å². The van der Waals surface area contributed by atoms with Crippen molar-refractivity contribution < 1.29 is 18.0 Å². The highest BCUT2D eigenvalue weighted by molar-refractivity contribution is 7.89. The molecule has 0 aliphatic carbocycles. The fraction of sp³-hybridized carbons (Fsp3) is 0.250. The third-order valence-corrected chi connectivity index (χ3v) is 6.42. The number of sulfonamides is 1. The van der Waals surface area contributed by atoms with Gasteiger partial charge in [0.2, 0.25) is 15.9 Å². The molecule has 0 unspecified atom stereocenters. The van der Waals surface area contributed by atoms with E-state index in [1.807, 2.05) is 24.3 Å². The Balaban J connectivity index is 1.55. The van der Waals surface area contributed by atoms with Gasteiger partial charge in [-0.2, -0.15) is 0 Å². The van der Waals surface area contributed by atoms with Gasteiger partial charge in [-0.3, -0.25) is 15.0 Å². The van der Waals surface area contributed by atoms with E-state index in [9.17, 15) is 18.0 Å². The lowest BCUT2D eigenvalue weighted by Gasteiger charge is -2.17. The van der Waals surface area contributed by atoms with E-state index in [1.54, 1.807) is 4.68 Å². The molecule has 0 atom stereocenters. The molecule has 1 amide bonds. The van der Waals surface area contributed by atoms with Crippen LogP contribution in [-0.4, -0.2) is 47.7 Å². The maximum Gasteiger partial charge on any atom is 0.242 e. The van der Waals surface area contributed by atoms with Gasteiger partial charge in [0.25, 0.3) is 0 Å². The van der Waals surface area contributed by atoms with Crippen LogP contribution in [0.5, 0.6) is 0 Å². The number of rotatable bonds is 8. The molecular weight excluding hydrogens is 392 g/mol. The predicted molar refractivity (Wildman–Crippen MR) is 110 cm³/mol. The number of hydrogen-bond acceptors (Lipinski definition) is 5. The van der Waals surface area contributed by atoms with Gasteiger partial charge in [0, 0.05) is 25.6 Å². The molecule has 0 spiro atoms. The minimum atomic E-state index is -3.68. The van der Waals surface area contributed by atoms with Crippen molar-refractivity contribution in [2.75, 3.05) is 19.0 Å². The fourth-order valence-electron chi connectivity index (χ4n) is 2.86. The second kappa shape index (κ2) is 8.54. The number of nitrogens with one attached hydrogen (secondary N) is 1. The van der Waals surface area contributed by atoms with Crippen LogP contribution in [0.1, 0.15) is 30.1 Å². The van der Waals surface area contributed by atoms with Gasteiger partial charge in [-0.1, -0.05) is 24.3 Å². The smallest absolute Gasteiger partial charge is 0.242 e. The number of para-hydroxylation sites is 2. The molecule has 9 heteroatoms. The Morgan fingerprint density at radius 1 is 1.10 bits per heavy atom. The second-order valence-corrected chi connectivity index (χ2v) is 8.69. The summed E-state index contributed by atoms with van der Waals surface area (Å²) < 4.78 is 28.0. The van der Waals surface area contributed by atoms with E-state index in [0.717, 1.165) is 11.0 Å². The maximum atomic E-state index is 12.6. The van der Waals surface area contributed by atoms with Crippen molar-refractivity contribution in [1.82, 2.24) is 14.0 Å². The summed E-state index contributed by atoms with van der Waals surface area (Å²) in [6.45, 7) is 1.61. The van der Waals surface area contributed by atoms with Crippen LogP contribution in [0.4, 0.5) is 0 Å². The van der Waals surface area contributed by atoms with E-state index in [-0.39, 0.29) is 29.6 Å². The summed E-state index contributed by atoms with van der Waals surface area (Å²) in [7, 11) is -2.22. The summed E-state index contributed by atoms with van der Waals surface area (Å²) in [6.07, 6.45) is 2.05. The minimum Gasteiger partial charge on any atom is -0.295 e. The topological polar surface area (TPSA) is 101 Å². The van der Waals surface area contributed by atoms with Crippen molar-refractivity contribution in [2.45, 2.75) is 24.7 Å². The van der Waals surface area contributed by atoms with Crippen LogP contribution >= 0.6 is 0 Å². The molecule has 0 saturated heterocycles. The molecule has 1 aromatic heterocycles. The number of imidazole rings is 1. The maximum absolute atomic E-state index is 12.6. The normalized spacial score (nSPS) is 11.7. The van der Waals surface area contributed by atoms with Gasteiger partial charge < -0.3 is 0 Å². The Kier molecular flexibility index (Phi) is 6.09. The van der Waals surface area contributed by atoms with Crippen LogP contribution in [0.3, 0.4) is 0 Å². The lowest BCUT2D eigenvalue weighted by Crippen LogP contribution is -2.29. The molecule has 2 aromatic carbocycles. The molecular formula is C20H22N4O4S. The number of carbonyl (C=O) groups excluding carboxylic acids is 2. The summed E-state index contributed by atoms with van der Waals surface area (Å²) in [5.74, 6) is -0.358. The number of Topliss-reactive ketones (excluding diaryl/α,β-unsaturated/α-hetero) is 1. The van der Waals surface area contributed by atoms with Crippen molar-refractivity contribution in [2.24, 2.45) is 0 Å². The molecule has 1 N–H and O–H groups in total. The number of hydrogen-bond donors (Lipinski definition) is 1. The van der Waals surface area contributed by atoms with Gasteiger partial charge in [-0.15, -0.1) is 0 Å². The van der Waals surface area contributed by atoms with Crippen LogP contribution < -0.4 is 5.43 Å². The first kappa shape index (κ1) is 20.7. The van der Waals surface area contributed by atoms with Gasteiger partial charge >= 0.3 is 0 Å². The van der Waals surface area contributed by atoms with E-state index in [4.69, 9.17) is 0 Å². The molecule has 0 saturated carbocycles. The minimum absolute atomic E-state index is 0.110. The Morgan fingerprint density at radius 3 is 2.48 bits per heavy atom. The van der Waals surface area contributed by atoms with Gasteiger partial charge in [0.1, 0.15) is 6.33 Å². The largest absolute Gasteiger partial charge is 0.295 e. The number of aromatic nitrogens is 2. The summed E-state index contributed by atoms with van der Waals surface area (Å²) in [5, 5.41) is 0. The number of benzene rings is 2. The summed E-state index contributed by atoms with van der Waals surface area (Å²) in [6, 6.07) is 13.2. The standard InChI is InChI=1S/C20H22N4O4S/c1-15(25)16-9-11-17(12-10-16)29(27,28)23(2)13-5-8-20(26)22-24-14-21-18-6-3-4-7-19(18)24/h3-4,6-7,9-12,14H,5,8,13H2,1-2H3,(H,22,26). The zero-order chi connectivity index (χ0) is 21.0.